The van der Waals surface area contributed by atoms with Gasteiger partial charge in [0.25, 0.3) is 0 Å². The van der Waals surface area contributed by atoms with Gasteiger partial charge in [-0.3, -0.25) is 0 Å². The van der Waals surface area contributed by atoms with Crippen LogP contribution in [0.3, 0.4) is 0 Å². The third kappa shape index (κ3) is 2.96. The molecule has 1 aliphatic heterocycles. The number of hydrogen-bond donors (Lipinski definition) is 1. The summed E-state index contributed by atoms with van der Waals surface area (Å²) in [6.45, 7) is 2.49. The Balaban J connectivity index is 1.99. The fourth-order valence-corrected chi connectivity index (χ4v) is 4.75. The zero-order chi connectivity index (χ0) is 16.4. The lowest BCUT2D eigenvalue weighted by molar-refractivity contribution is 0.397. The highest BCUT2D eigenvalue weighted by molar-refractivity contribution is 7.89. The molecule has 23 heavy (non-hydrogen) atoms. The maximum absolute atomic E-state index is 13.0. The summed E-state index contributed by atoms with van der Waals surface area (Å²) in [4.78, 5) is 4.66. The summed E-state index contributed by atoms with van der Waals surface area (Å²) >= 11 is 0. The Morgan fingerprint density at radius 2 is 1.96 bits per heavy atom. The maximum atomic E-state index is 13.0. The highest BCUT2D eigenvalue weighted by atomic mass is 32.2. The minimum atomic E-state index is -3.50. The molecule has 5 nitrogen and oxygen atoms in total. The topological polar surface area (TPSA) is 62.3 Å². The minimum Gasteiger partial charge on any atom is -0.373 e. The van der Waals surface area contributed by atoms with Gasteiger partial charge in [0, 0.05) is 25.4 Å². The van der Waals surface area contributed by atoms with Crippen molar-refractivity contribution >= 4 is 15.8 Å². The number of benzene rings is 1. The molecule has 2 heterocycles. The lowest BCUT2D eigenvalue weighted by Gasteiger charge is -2.25. The van der Waals surface area contributed by atoms with Gasteiger partial charge in [0.2, 0.25) is 10.0 Å². The Bertz CT molecular complexity index is 788. The van der Waals surface area contributed by atoms with E-state index in [0.29, 0.717) is 11.4 Å². The van der Waals surface area contributed by atoms with Gasteiger partial charge in [-0.05, 0) is 38.0 Å². The summed E-state index contributed by atoms with van der Waals surface area (Å²) in [6.07, 6.45) is 3.38. The summed E-state index contributed by atoms with van der Waals surface area (Å²) in [7, 11) is -1.69. The van der Waals surface area contributed by atoms with Crippen LogP contribution in [0.15, 0.2) is 47.5 Å². The number of anilines is 1. The molecule has 1 aliphatic rings. The van der Waals surface area contributed by atoms with Gasteiger partial charge in [-0.15, -0.1) is 0 Å². The fraction of sp³-hybridized carbons (Fsp3) is 0.353. The lowest BCUT2D eigenvalue weighted by Crippen LogP contribution is -2.31. The molecule has 0 spiro atoms. The van der Waals surface area contributed by atoms with Crippen LogP contribution in [0.1, 0.15) is 30.0 Å². The van der Waals surface area contributed by atoms with Crippen LogP contribution in [0.5, 0.6) is 0 Å². The van der Waals surface area contributed by atoms with Gasteiger partial charge in [-0.1, -0.05) is 23.8 Å². The van der Waals surface area contributed by atoms with Crippen LogP contribution in [-0.2, 0) is 10.0 Å². The molecule has 1 saturated heterocycles. The second-order valence-electron chi connectivity index (χ2n) is 5.78. The van der Waals surface area contributed by atoms with E-state index in [4.69, 9.17) is 0 Å². The molecular weight excluding hydrogens is 310 g/mol. The minimum absolute atomic E-state index is 0.169. The summed E-state index contributed by atoms with van der Waals surface area (Å²) in [5.74, 6) is 0.739. The predicted octanol–water partition coefficient (Wildman–Crippen LogP) is 2.96. The van der Waals surface area contributed by atoms with Crippen LogP contribution in [0.25, 0.3) is 0 Å². The monoisotopic (exact) mass is 331 g/mol. The first kappa shape index (κ1) is 16.0. The summed E-state index contributed by atoms with van der Waals surface area (Å²) in [5, 5.41) is 3.06. The molecular formula is C17H21N3O2S. The first-order valence-corrected chi connectivity index (χ1v) is 9.19. The first-order valence-electron chi connectivity index (χ1n) is 7.75. The molecule has 122 valence electrons. The van der Waals surface area contributed by atoms with Crippen LogP contribution in [-0.4, -0.2) is 31.3 Å². The largest absolute Gasteiger partial charge is 0.373 e. The van der Waals surface area contributed by atoms with Gasteiger partial charge in [0.05, 0.1) is 10.9 Å². The molecule has 0 aliphatic carbocycles. The van der Waals surface area contributed by atoms with E-state index in [0.717, 1.165) is 29.8 Å². The van der Waals surface area contributed by atoms with Crippen LogP contribution >= 0.6 is 0 Å². The smallest absolute Gasteiger partial charge is 0.243 e. The predicted molar refractivity (Wildman–Crippen MR) is 90.8 cm³/mol. The van der Waals surface area contributed by atoms with E-state index in [2.05, 4.69) is 10.3 Å². The number of aromatic nitrogens is 1. The van der Waals surface area contributed by atoms with Gasteiger partial charge < -0.3 is 5.32 Å². The van der Waals surface area contributed by atoms with E-state index in [1.165, 1.54) is 0 Å². The SMILES string of the molecule is CNc1ncccc1[C@H]1CCCN1S(=O)(=O)c1ccc(C)cc1. The summed E-state index contributed by atoms with van der Waals surface area (Å²) in [5.41, 5.74) is 1.98. The van der Waals surface area contributed by atoms with Crippen molar-refractivity contribution in [1.29, 1.82) is 0 Å². The number of nitrogens with zero attached hydrogens (tertiary/aromatic N) is 2. The Hall–Kier alpha value is -1.92. The summed E-state index contributed by atoms with van der Waals surface area (Å²) in [6, 6.07) is 10.7. The van der Waals surface area contributed by atoms with E-state index in [1.807, 2.05) is 31.2 Å². The van der Waals surface area contributed by atoms with E-state index < -0.39 is 10.0 Å². The highest BCUT2D eigenvalue weighted by Crippen LogP contribution is 2.38. The second kappa shape index (κ2) is 6.29. The van der Waals surface area contributed by atoms with Crippen molar-refractivity contribution in [2.75, 3.05) is 18.9 Å². The zero-order valence-corrected chi connectivity index (χ0v) is 14.2. The Morgan fingerprint density at radius 1 is 1.22 bits per heavy atom. The number of rotatable bonds is 4. The molecule has 0 bridgehead atoms. The summed E-state index contributed by atoms with van der Waals surface area (Å²) < 4.78 is 27.6. The van der Waals surface area contributed by atoms with Crippen molar-refractivity contribution in [3.63, 3.8) is 0 Å². The molecule has 0 saturated carbocycles. The van der Waals surface area contributed by atoms with Crippen LogP contribution in [0.2, 0.25) is 0 Å². The number of sulfonamides is 1. The van der Waals surface area contributed by atoms with E-state index in [-0.39, 0.29) is 6.04 Å². The first-order chi connectivity index (χ1) is 11.0. The molecule has 0 amide bonds. The third-order valence-corrected chi connectivity index (χ3v) is 6.19. The molecule has 1 fully saturated rings. The van der Waals surface area contributed by atoms with Crippen molar-refractivity contribution in [2.45, 2.75) is 30.7 Å². The standard InChI is InChI=1S/C17H21N3O2S/c1-13-7-9-14(10-8-13)23(21,22)20-12-4-6-16(20)15-5-3-11-19-17(15)18-2/h3,5,7-11,16H,4,6,12H2,1-2H3,(H,18,19)/t16-/m1/s1. The molecule has 6 heteroatoms. The normalized spacial score (nSPS) is 19.0. The molecule has 3 rings (SSSR count). The fourth-order valence-electron chi connectivity index (χ4n) is 3.08. The van der Waals surface area contributed by atoms with Crippen molar-refractivity contribution in [3.05, 3.63) is 53.7 Å². The van der Waals surface area contributed by atoms with Crippen molar-refractivity contribution in [2.24, 2.45) is 0 Å². The molecule has 1 atom stereocenters. The zero-order valence-electron chi connectivity index (χ0n) is 13.4. The number of nitrogens with one attached hydrogen (secondary N) is 1. The quantitative estimate of drug-likeness (QED) is 0.935. The van der Waals surface area contributed by atoms with Gasteiger partial charge >= 0.3 is 0 Å². The average molecular weight is 331 g/mol. The van der Waals surface area contributed by atoms with Crippen LogP contribution in [0.4, 0.5) is 5.82 Å². The van der Waals surface area contributed by atoms with Crippen LogP contribution in [0, 0.1) is 6.92 Å². The van der Waals surface area contributed by atoms with Crippen molar-refractivity contribution in [3.8, 4) is 0 Å². The van der Waals surface area contributed by atoms with Gasteiger partial charge in [-0.25, -0.2) is 13.4 Å². The average Bonchev–Trinajstić information content (AvgIpc) is 3.05. The van der Waals surface area contributed by atoms with E-state index in [9.17, 15) is 8.42 Å². The molecule has 2 aromatic rings. The highest BCUT2D eigenvalue weighted by Gasteiger charge is 2.37. The van der Waals surface area contributed by atoms with Crippen LogP contribution < -0.4 is 5.32 Å². The number of pyridine rings is 1. The maximum Gasteiger partial charge on any atom is 0.243 e. The molecule has 1 aromatic carbocycles. The van der Waals surface area contributed by atoms with E-state index in [1.54, 1.807) is 29.7 Å². The third-order valence-electron chi connectivity index (χ3n) is 4.27. The van der Waals surface area contributed by atoms with E-state index >= 15 is 0 Å². The Kier molecular flexibility index (Phi) is 4.37. The Labute approximate surface area is 137 Å². The van der Waals surface area contributed by atoms with Crippen molar-refractivity contribution < 1.29 is 8.42 Å². The molecule has 1 aromatic heterocycles. The lowest BCUT2D eigenvalue weighted by atomic mass is 10.1. The second-order valence-corrected chi connectivity index (χ2v) is 7.67. The molecule has 0 radical (unpaired) electrons. The van der Waals surface area contributed by atoms with Gasteiger partial charge in [0.1, 0.15) is 5.82 Å². The number of hydrogen-bond acceptors (Lipinski definition) is 4. The Morgan fingerprint density at radius 3 is 2.65 bits per heavy atom. The molecule has 0 unspecified atom stereocenters. The van der Waals surface area contributed by atoms with Gasteiger partial charge in [0.15, 0.2) is 0 Å². The van der Waals surface area contributed by atoms with Crippen molar-refractivity contribution in [1.82, 2.24) is 9.29 Å². The number of aryl methyl sites for hydroxylation is 1. The molecule has 1 N–H and O–H groups in total. The van der Waals surface area contributed by atoms with Gasteiger partial charge in [-0.2, -0.15) is 4.31 Å².